The molecular formula is C23H23F3N2O5. The number of nitrogens with one attached hydrogen (secondary N) is 2. The number of hydrogen-bond donors (Lipinski definition) is 3. The van der Waals surface area contributed by atoms with Gasteiger partial charge in [0.2, 0.25) is 5.91 Å². The molecule has 0 saturated carbocycles. The molecule has 2 atom stereocenters. The van der Waals surface area contributed by atoms with Crippen LogP contribution in [0.4, 0.5) is 18.0 Å². The number of carbonyl (C=O) groups is 3. The first-order valence-electron chi connectivity index (χ1n) is 10.3. The summed E-state index contributed by atoms with van der Waals surface area (Å²) in [4.78, 5) is 34.8. The third-order valence-corrected chi connectivity index (χ3v) is 5.31. The molecule has 0 saturated heterocycles. The predicted molar refractivity (Wildman–Crippen MR) is 113 cm³/mol. The number of halogens is 3. The summed E-state index contributed by atoms with van der Waals surface area (Å²) in [6.07, 6.45) is -7.48. The first-order valence-corrected chi connectivity index (χ1v) is 10.3. The zero-order valence-corrected chi connectivity index (χ0v) is 17.7. The fraction of sp³-hybridized carbons (Fsp3) is 0.348. The van der Waals surface area contributed by atoms with Crippen molar-refractivity contribution in [2.24, 2.45) is 0 Å². The summed E-state index contributed by atoms with van der Waals surface area (Å²) < 4.78 is 44.0. The Balaban J connectivity index is 1.53. The molecule has 3 rings (SSSR count). The maximum atomic E-state index is 12.9. The van der Waals surface area contributed by atoms with Crippen molar-refractivity contribution in [3.63, 3.8) is 0 Å². The summed E-state index contributed by atoms with van der Waals surface area (Å²) >= 11 is 0. The second-order valence-electron chi connectivity index (χ2n) is 7.83. The lowest BCUT2D eigenvalue weighted by Gasteiger charge is -2.21. The minimum absolute atomic E-state index is 0.0491. The van der Waals surface area contributed by atoms with Crippen molar-refractivity contribution in [1.29, 1.82) is 0 Å². The van der Waals surface area contributed by atoms with E-state index in [1.807, 2.05) is 48.5 Å². The molecule has 33 heavy (non-hydrogen) atoms. The molecule has 176 valence electrons. The number of carbonyl (C=O) groups excluding carboxylic acids is 2. The van der Waals surface area contributed by atoms with Crippen molar-refractivity contribution >= 4 is 18.0 Å². The van der Waals surface area contributed by atoms with Crippen molar-refractivity contribution in [3.05, 3.63) is 59.7 Å². The van der Waals surface area contributed by atoms with Gasteiger partial charge in [-0.05, 0) is 29.2 Å². The number of alkyl carbamates (subject to hydrolysis) is 1. The van der Waals surface area contributed by atoms with E-state index < -0.39 is 49.1 Å². The molecule has 3 N–H and O–H groups in total. The maximum absolute atomic E-state index is 12.9. The van der Waals surface area contributed by atoms with Crippen LogP contribution >= 0.6 is 0 Å². The highest BCUT2D eigenvalue weighted by Crippen LogP contribution is 2.44. The van der Waals surface area contributed by atoms with Gasteiger partial charge in [-0.1, -0.05) is 48.5 Å². The Labute approximate surface area is 187 Å². The van der Waals surface area contributed by atoms with E-state index in [1.54, 1.807) is 5.32 Å². The van der Waals surface area contributed by atoms with Gasteiger partial charge in [0.15, 0.2) is 0 Å². The van der Waals surface area contributed by atoms with Crippen LogP contribution in [0.1, 0.15) is 36.8 Å². The van der Waals surface area contributed by atoms with Gasteiger partial charge in [0.05, 0.1) is 6.42 Å². The SMILES string of the molecule is C[C@H](CC(=O)NC(CC(=O)O)C(F)(F)F)NC(=O)OCC1c2ccccc2-c2ccccc21. The predicted octanol–water partition coefficient (Wildman–Crippen LogP) is 3.83. The Morgan fingerprint density at radius 3 is 2.03 bits per heavy atom. The average molecular weight is 464 g/mol. The largest absolute Gasteiger partial charge is 0.481 e. The lowest BCUT2D eigenvalue weighted by molar-refractivity contribution is -0.170. The number of rotatable bonds is 8. The Kier molecular flexibility index (Phi) is 7.25. The van der Waals surface area contributed by atoms with Gasteiger partial charge in [-0.15, -0.1) is 0 Å². The molecule has 0 aliphatic heterocycles. The Morgan fingerprint density at radius 1 is 0.970 bits per heavy atom. The van der Waals surface area contributed by atoms with Gasteiger partial charge in [-0.2, -0.15) is 13.2 Å². The van der Waals surface area contributed by atoms with Crippen LogP contribution in [0.3, 0.4) is 0 Å². The fourth-order valence-corrected chi connectivity index (χ4v) is 3.85. The molecule has 0 heterocycles. The quantitative estimate of drug-likeness (QED) is 0.551. The van der Waals surface area contributed by atoms with Gasteiger partial charge in [0, 0.05) is 18.4 Å². The van der Waals surface area contributed by atoms with Crippen LogP contribution in [0.2, 0.25) is 0 Å². The maximum Gasteiger partial charge on any atom is 0.409 e. The van der Waals surface area contributed by atoms with Crippen molar-refractivity contribution in [3.8, 4) is 11.1 Å². The van der Waals surface area contributed by atoms with E-state index in [-0.39, 0.29) is 12.5 Å². The Hall–Kier alpha value is -3.56. The molecule has 0 radical (unpaired) electrons. The third-order valence-electron chi connectivity index (χ3n) is 5.31. The average Bonchev–Trinajstić information content (AvgIpc) is 3.04. The number of fused-ring (bicyclic) bond motifs is 3. The molecule has 0 spiro atoms. The van der Waals surface area contributed by atoms with E-state index in [4.69, 9.17) is 9.84 Å². The number of amides is 2. The number of aliphatic carboxylic acids is 1. The van der Waals surface area contributed by atoms with Gasteiger partial charge in [-0.25, -0.2) is 4.79 Å². The highest BCUT2D eigenvalue weighted by Gasteiger charge is 2.42. The highest BCUT2D eigenvalue weighted by molar-refractivity contribution is 5.80. The first kappa shape index (κ1) is 24.1. The number of carboxylic acid groups (broad SMARTS) is 1. The highest BCUT2D eigenvalue weighted by atomic mass is 19.4. The number of ether oxygens (including phenoxy) is 1. The molecule has 1 unspecified atom stereocenters. The topological polar surface area (TPSA) is 105 Å². The normalized spacial score (nSPS) is 14.5. The molecule has 0 fully saturated rings. The zero-order valence-electron chi connectivity index (χ0n) is 17.7. The van der Waals surface area contributed by atoms with Gasteiger partial charge < -0.3 is 20.5 Å². The summed E-state index contributed by atoms with van der Waals surface area (Å²) in [7, 11) is 0. The second kappa shape index (κ2) is 9.93. The monoisotopic (exact) mass is 464 g/mol. The van der Waals surface area contributed by atoms with Crippen LogP contribution in [0, 0.1) is 0 Å². The molecule has 7 nitrogen and oxygen atoms in total. The number of alkyl halides is 3. The molecule has 2 amide bonds. The Bertz CT molecular complexity index is 995. The number of benzene rings is 2. The van der Waals surface area contributed by atoms with Gasteiger partial charge in [-0.3, -0.25) is 9.59 Å². The zero-order chi connectivity index (χ0) is 24.2. The summed E-state index contributed by atoms with van der Waals surface area (Å²) in [6.45, 7) is 1.48. The molecule has 1 aliphatic carbocycles. The van der Waals surface area contributed by atoms with Gasteiger partial charge in [0.1, 0.15) is 12.6 Å². The first-order chi connectivity index (χ1) is 15.6. The van der Waals surface area contributed by atoms with Crippen molar-refractivity contribution in [2.75, 3.05) is 6.61 Å². The smallest absolute Gasteiger partial charge is 0.409 e. The van der Waals surface area contributed by atoms with Crippen LogP contribution in [-0.4, -0.2) is 47.9 Å². The van der Waals surface area contributed by atoms with E-state index in [2.05, 4.69) is 5.32 Å². The van der Waals surface area contributed by atoms with Crippen LogP contribution in [0.25, 0.3) is 11.1 Å². The van der Waals surface area contributed by atoms with Crippen molar-refractivity contribution in [2.45, 2.75) is 43.9 Å². The van der Waals surface area contributed by atoms with E-state index in [1.165, 1.54) is 6.92 Å². The summed E-state index contributed by atoms with van der Waals surface area (Å²) in [5.74, 6) is -2.89. The molecule has 1 aliphatic rings. The molecule has 2 aromatic carbocycles. The molecule has 10 heteroatoms. The number of carboxylic acids is 1. The van der Waals surface area contributed by atoms with E-state index in [0.717, 1.165) is 22.3 Å². The van der Waals surface area contributed by atoms with E-state index >= 15 is 0 Å². The molecular weight excluding hydrogens is 441 g/mol. The van der Waals surface area contributed by atoms with Crippen LogP contribution in [0.5, 0.6) is 0 Å². The van der Waals surface area contributed by atoms with E-state index in [0.29, 0.717) is 0 Å². The minimum Gasteiger partial charge on any atom is -0.481 e. The van der Waals surface area contributed by atoms with Gasteiger partial charge in [0.25, 0.3) is 0 Å². The third kappa shape index (κ3) is 6.03. The lowest BCUT2D eigenvalue weighted by Crippen LogP contribution is -2.48. The summed E-state index contributed by atoms with van der Waals surface area (Å²) in [6, 6.07) is 12.2. The molecule has 2 aromatic rings. The fourth-order valence-electron chi connectivity index (χ4n) is 3.85. The number of hydrogen-bond acceptors (Lipinski definition) is 4. The van der Waals surface area contributed by atoms with E-state index in [9.17, 15) is 27.6 Å². The minimum atomic E-state index is -4.91. The van der Waals surface area contributed by atoms with Gasteiger partial charge >= 0.3 is 18.2 Å². The van der Waals surface area contributed by atoms with Crippen molar-refractivity contribution < 1.29 is 37.4 Å². The Morgan fingerprint density at radius 2 is 1.52 bits per heavy atom. The van der Waals surface area contributed by atoms with Crippen LogP contribution in [0.15, 0.2) is 48.5 Å². The molecule has 0 aromatic heterocycles. The molecule has 0 bridgehead atoms. The summed E-state index contributed by atoms with van der Waals surface area (Å²) in [5, 5.41) is 12.7. The lowest BCUT2D eigenvalue weighted by atomic mass is 9.98. The van der Waals surface area contributed by atoms with Crippen LogP contribution in [-0.2, 0) is 14.3 Å². The standard InChI is InChI=1S/C23H23F3N2O5/c1-13(10-20(29)28-19(11-21(30)31)23(24,25)26)27-22(32)33-12-18-16-8-4-2-6-14(16)15-7-3-5-9-17(15)18/h2-9,13,18-19H,10-12H2,1H3,(H,27,32)(H,28,29)(H,30,31)/t13-,19?/m1/s1. The second-order valence-corrected chi connectivity index (χ2v) is 7.83. The van der Waals surface area contributed by atoms with Crippen molar-refractivity contribution in [1.82, 2.24) is 10.6 Å². The summed E-state index contributed by atoms with van der Waals surface area (Å²) in [5.41, 5.74) is 4.17. The van der Waals surface area contributed by atoms with Crippen LogP contribution < -0.4 is 10.6 Å².